The molecule has 0 saturated heterocycles. The maximum Gasteiger partial charge on any atom is 0.264 e. The van der Waals surface area contributed by atoms with Gasteiger partial charge >= 0.3 is 0 Å². The fourth-order valence-corrected chi connectivity index (χ4v) is 3.26. The van der Waals surface area contributed by atoms with Crippen LogP contribution in [0.2, 0.25) is 0 Å². The topological polar surface area (TPSA) is 64.0 Å². The van der Waals surface area contributed by atoms with Crippen molar-refractivity contribution in [1.29, 1.82) is 0 Å². The van der Waals surface area contributed by atoms with E-state index in [2.05, 4.69) is 22.1 Å². The lowest BCUT2D eigenvalue weighted by Gasteiger charge is -1.98. The van der Waals surface area contributed by atoms with Crippen molar-refractivity contribution in [2.75, 3.05) is 6.54 Å². The first-order chi connectivity index (χ1) is 12.5. The molecule has 26 heavy (non-hydrogen) atoms. The van der Waals surface area contributed by atoms with Gasteiger partial charge in [0.1, 0.15) is 4.88 Å². The molecule has 130 valence electrons. The number of nitrogens with zero attached hydrogens (tertiary/aromatic N) is 2. The van der Waals surface area contributed by atoms with Crippen LogP contribution in [-0.4, -0.2) is 27.8 Å². The monoisotopic (exact) mass is 363 g/mol. The van der Waals surface area contributed by atoms with Crippen LogP contribution in [0.5, 0.6) is 0 Å². The Morgan fingerprint density at radius 3 is 2.54 bits per heavy atom. The Labute approximate surface area is 155 Å². The number of benzene rings is 1. The van der Waals surface area contributed by atoms with E-state index in [1.54, 1.807) is 24.3 Å². The molecule has 0 fully saturated rings. The Kier molecular flexibility index (Phi) is 5.30. The van der Waals surface area contributed by atoms with Gasteiger partial charge in [-0.3, -0.25) is 9.59 Å². The van der Waals surface area contributed by atoms with Crippen LogP contribution in [0.15, 0.2) is 48.8 Å². The van der Waals surface area contributed by atoms with Crippen LogP contribution < -0.4 is 5.32 Å². The Balaban J connectivity index is 1.61. The van der Waals surface area contributed by atoms with Crippen molar-refractivity contribution in [3.63, 3.8) is 0 Å². The van der Waals surface area contributed by atoms with Gasteiger partial charge in [0, 0.05) is 23.5 Å². The summed E-state index contributed by atoms with van der Waals surface area (Å²) in [5, 5.41) is 3.55. The van der Waals surface area contributed by atoms with Gasteiger partial charge in [0.15, 0.2) is 10.9 Å². The molecule has 0 radical (unpaired) electrons. The van der Waals surface area contributed by atoms with Gasteiger partial charge in [0.05, 0.1) is 12.2 Å². The fraction of sp³-hybridized carbons (Fsp3) is 0.150. The first-order valence-electron chi connectivity index (χ1n) is 8.03. The van der Waals surface area contributed by atoms with Gasteiger partial charge in [0.2, 0.25) is 0 Å². The van der Waals surface area contributed by atoms with Crippen LogP contribution in [-0.2, 0) is 0 Å². The summed E-state index contributed by atoms with van der Waals surface area (Å²) in [6.07, 6.45) is 3.78. The molecule has 3 rings (SSSR count). The van der Waals surface area contributed by atoms with Gasteiger partial charge in [-0.1, -0.05) is 35.3 Å². The number of hydrogen-bond acceptors (Lipinski definition) is 4. The average Bonchev–Trinajstić information content (AvgIpc) is 3.28. The fourth-order valence-electron chi connectivity index (χ4n) is 2.30. The molecule has 1 N–H and O–H groups in total. The molecule has 6 heteroatoms. The van der Waals surface area contributed by atoms with Crippen molar-refractivity contribution >= 4 is 23.0 Å². The van der Waals surface area contributed by atoms with Crippen molar-refractivity contribution in [3.05, 3.63) is 70.5 Å². The maximum atomic E-state index is 12.3. The van der Waals surface area contributed by atoms with E-state index in [0.717, 1.165) is 10.7 Å². The smallest absolute Gasteiger partial charge is 0.264 e. The number of amides is 1. The first kappa shape index (κ1) is 17.6. The molecule has 1 aromatic carbocycles. The quantitative estimate of drug-likeness (QED) is 0.572. The zero-order valence-corrected chi connectivity index (χ0v) is 15.3. The van der Waals surface area contributed by atoms with Crippen molar-refractivity contribution < 1.29 is 9.59 Å². The normalized spacial score (nSPS) is 10.1. The highest BCUT2D eigenvalue weighted by Gasteiger charge is 2.15. The van der Waals surface area contributed by atoms with Gasteiger partial charge < -0.3 is 9.88 Å². The van der Waals surface area contributed by atoms with Crippen molar-refractivity contribution in [2.24, 2.45) is 0 Å². The van der Waals surface area contributed by atoms with Crippen LogP contribution in [0.4, 0.5) is 0 Å². The minimum atomic E-state index is -0.181. The van der Waals surface area contributed by atoms with E-state index in [4.69, 9.17) is 0 Å². The summed E-state index contributed by atoms with van der Waals surface area (Å²) in [4.78, 5) is 28.6. The summed E-state index contributed by atoms with van der Waals surface area (Å²) >= 11 is 1.34. The second-order valence-electron chi connectivity index (χ2n) is 5.62. The van der Waals surface area contributed by atoms with Crippen molar-refractivity contribution in [2.45, 2.75) is 13.8 Å². The van der Waals surface area contributed by atoms with Crippen molar-refractivity contribution in [1.82, 2.24) is 14.9 Å². The number of aromatic nitrogens is 2. The predicted molar refractivity (Wildman–Crippen MR) is 102 cm³/mol. The molecule has 0 aliphatic rings. The predicted octanol–water partition coefficient (Wildman–Crippen LogP) is 3.23. The van der Waals surface area contributed by atoms with E-state index in [0.29, 0.717) is 16.1 Å². The van der Waals surface area contributed by atoms with Gasteiger partial charge in [-0.15, -0.1) is 0 Å². The lowest BCUT2D eigenvalue weighted by molar-refractivity contribution is 0.0960. The van der Waals surface area contributed by atoms with Gasteiger partial charge in [-0.05, 0) is 38.1 Å². The Morgan fingerprint density at radius 1 is 1.19 bits per heavy atom. The molecule has 5 nitrogen and oxygen atoms in total. The van der Waals surface area contributed by atoms with Crippen LogP contribution in [0.3, 0.4) is 0 Å². The number of thiazole rings is 1. The minimum Gasteiger partial charge on any atom is -0.340 e. The number of hydrogen-bond donors (Lipinski definition) is 1. The molecule has 3 aromatic rings. The molecule has 0 atom stereocenters. The standard InChI is InChI=1S/C20H17N3O2S/c1-14-18(26-20(22-14)23-12-3-4-13-23)19(25)21-11-5-6-16-7-9-17(10-8-16)15(2)24/h3-4,7-10,12-13H,11H2,1-2H3,(H,21,25). The van der Waals surface area contributed by atoms with E-state index in [9.17, 15) is 9.59 Å². The zero-order chi connectivity index (χ0) is 18.5. The second-order valence-corrected chi connectivity index (χ2v) is 6.60. The van der Waals surface area contributed by atoms with E-state index in [-0.39, 0.29) is 18.2 Å². The summed E-state index contributed by atoms with van der Waals surface area (Å²) in [5.41, 5.74) is 2.15. The van der Waals surface area contributed by atoms with E-state index in [1.165, 1.54) is 18.3 Å². The van der Waals surface area contributed by atoms with Gasteiger partial charge in [-0.25, -0.2) is 4.98 Å². The van der Waals surface area contributed by atoms with Crippen LogP contribution in [0.1, 0.15) is 38.2 Å². The molecular weight excluding hydrogens is 346 g/mol. The van der Waals surface area contributed by atoms with E-state index < -0.39 is 0 Å². The second kappa shape index (κ2) is 7.81. The summed E-state index contributed by atoms with van der Waals surface area (Å²) in [6.45, 7) is 3.59. The van der Waals surface area contributed by atoms with E-state index in [1.807, 2.05) is 36.0 Å². The highest BCUT2D eigenvalue weighted by Crippen LogP contribution is 2.21. The SMILES string of the molecule is CC(=O)c1ccc(C#CCNC(=O)c2sc(-n3cccc3)nc2C)cc1. The molecule has 0 spiro atoms. The molecule has 0 aliphatic carbocycles. The van der Waals surface area contributed by atoms with Crippen molar-refractivity contribution in [3.8, 4) is 17.0 Å². The number of carbonyl (C=O) groups is 2. The average molecular weight is 363 g/mol. The van der Waals surface area contributed by atoms with Gasteiger partial charge in [0.25, 0.3) is 5.91 Å². The Bertz CT molecular complexity index is 990. The number of aryl methyl sites for hydroxylation is 1. The minimum absolute atomic E-state index is 0.0241. The third kappa shape index (κ3) is 4.08. The zero-order valence-electron chi connectivity index (χ0n) is 14.4. The molecule has 0 unspecified atom stereocenters. The molecule has 1 amide bonds. The van der Waals surface area contributed by atoms with E-state index >= 15 is 0 Å². The van der Waals surface area contributed by atoms with Gasteiger partial charge in [-0.2, -0.15) is 0 Å². The highest BCUT2D eigenvalue weighted by molar-refractivity contribution is 7.16. The molecule has 0 bridgehead atoms. The Hall–Kier alpha value is -3.17. The van der Waals surface area contributed by atoms with Crippen LogP contribution >= 0.6 is 11.3 Å². The lowest BCUT2D eigenvalue weighted by atomic mass is 10.1. The molecular formula is C20H17N3O2S. The largest absolute Gasteiger partial charge is 0.340 e. The Morgan fingerprint density at radius 2 is 1.88 bits per heavy atom. The third-order valence-electron chi connectivity index (χ3n) is 3.68. The summed E-state index contributed by atoms with van der Waals surface area (Å²) in [6, 6.07) is 10.9. The molecule has 0 aliphatic heterocycles. The first-order valence-corrected chi connectivity index (χ1v) is 8.85. The molecule has 2 heterocycles. The molecule has 2 aromatic heterocycles. The number of ketones is 1. The number of Topliss-reactive ketones (excluding diaryl/α,β-unsaturated/α-hetero) is 1. The third-order valence-corrected chi connectivity index (χ3v) is 4.85. The summed E-state index contributed by atoms with van der Waals surface area (Å²) in [5.74, 6) is 5.73. The number of carbonyl (C=O) groups excluding carboxylic acids is 2. The van der Waals surface area contributed by atoms with Crippen LogP contribution in [0.25, 0.3) is 5.13 Å². The maximum absolute atomic E-state index is 12.3. The molecule has 0 saturated carbocycles. The van der Waals surface area contributed by atoms with Crippen LogP contribution in [0, 0.1) is 18.8 Å². The number of nitrogens with one attached hydrogen (secondary N) is 1. The summed E-state index contributed by atoms with van der Waals surface area (Å²) in [7, 11) is 0. The number of rotatable bonds is 4. The lowest BCUT2D eigenvalue weighted by Crippen LogP contribution is -2.23. The highest BCUT2D eigenvalue weighted by atomic mass is 32.1. The summed E-state index contributed by atoms with van der Waals surface area (Å²) < 4.78 is 1.87.